The van der Waals surface area contributed by atoms with Crippen molar-refractivity contribution in [3.63, 3.8) is 0 Å². The van der Waals surface area contributed by atoms with Crippen molar-refractivity contribution >= 4 is 16.6 Å². The van der Waals surface area contributed by atoms with Crippen molar-refractivity contribution in [2.45, 2.75) is 32.4 Å². The van der Waals surface area contributed by atoms with Gasteiger partial charge >= 0.3 is 0 Å². The van der Waals surface area contributed by atoms with Crippen LogP contribution in [0.25, 0.3) is 10.9 Å². The van der Waals surface area contributed by atoms with Crippen molar-refractivity contribution in [3.05, 3.63) is 36.0 Å². The van der Waals surface area contributed by atoms with E-state index in [1.54, 1.807) is 0 Å². The monoisotopic (exact) mass is 241 g/mol. The molecule has 1 aliphatic carbocycles. The summed E-state index contributed by atoms with van der Waals surface area (Å²) in [6.07, 6.45) is 4.53. The Morgan fingerprint density at radius 3 is 2.78 bits per heavy atom. The second kappa shape index (κ2) is 4.58. The molecule has 1 fully saturated rings. The SMILES string of the molecule is CCN(c1c(CN)cnc2ccccc12)C1CC1. The average Bonchev–Trinajstić information content (AvgIpc) is 3.24. The molecule has 0 aliphatic heterocycles. The summed E-state index contributed by atoms with van der Waals surface area (Å²) in [4.78, 5) is 6.99. The van der Waals surface area contributed by atoms with Crippen LogP contribution in [0.3, 0.4) is 0 Å². The zero-order chi connectivity index (χ0) is 12.5. The Morgan fingerprint density at radius 2 is 2.11 bits per heavy atom. The molecule has 2 N–H and O–H groups in total. The van der Waals surface area contributed by atoms with Gasteiger partial charge in [0.05, 0.1) is 11.2 Å². The first kappa shape index (κ1) is 11.5. The van der Waals surface area contributed by atoms with Gasteiger partial charge in [0.25, 0.3) is 0 Å². The fourth-order valence-electron chi connectivity index (χ4n) is 2.64. The van der Waals surface area contributed by atoms with E-state index in [9.17, 15) is 0 Å². The first-order chi connectivity index (χ1) is 8.85. The van der Waals surface area contributed by atoms with Crippen LogP contribution < -0.4 is 10.6 Å². The van der Waals surface area contributed by atoms with Crippen molar-refractivity contribution in [1.82, 2.24) is 4.98 Å². The van der Waals surface area contributed by atoms with Gasteiger partial charge in [-0.25, -0.2) is 0 Å². The van der Waals surface area contributed by atoms with E-state index in [0.717, 1.165) is 17.6 Å². The molecule has 0 amide bonds. The molecule has 94 valence electrons. The van der Waals surface area contributed by atoms with Crippen molar-refractivity contribution in [2.75, 3.05) is 11.4 Å². The number of fused-ring (bicyclic) bond motifs is 1. The number of para-hydroxylation sites is 1. The minimum Gasteiger partial charge on any atom is -0.368 e. The van der Waals surface area contributed by atoms with Crippen LogP contribution in [0.5, 0.6) is 0 Å². The number of benzene rings is 1. The highest BCUT2D eigenvalue weighted by atomic mass is 15.2. The number of nitrogens with zero attached hydrogens (tertiary/aromatic N) is 2. The van der Waals surface area contributed by atoms with Crippen LogP contribution in [0.1, 0.15) is 25.3 Å². The van der Waals surface area contributed by atoms with E-state index in [4.69, 9.17) is 5.73 Å². The van der Waals surface area contributed by atoms with E-state index < -0.39 is 0 Å². The number of hydrogen-bond acceptors (Lipinski definition) is 3. The number of rotatable bonds is 4. The maximum Gasteiger partial charge on any atom is 0.0723 e. The predicted octanol–water partition coefficient (Wildman–Crippen LogP) is 2.68. The second-order valence-electron chi connectivity index (χ2n) is 4.87. The van der Waals surface area contributed by atoms with Crippen LogP contribution in [-0.2, 0) is 6.54 Å². The Hall–Kier alpha value is -1.61. The molecule has 18 heavy (non-hydrogen) atoms. The highest BCUT2D eigenvalue weighted by Crippen LogP contribution is 2.37. The predicted molar refractivity (Wildman–Crippen MR) is 75.7 cm³/mol. The Kier molecular flexibility index (Phi) is 2.92. The van der Waals surface area contributed by atoms with Crippen molar-refractivity contribution < 1.29 is 0 Å². The lowest BCUT2D eigenvalue weighted by Crippen LogP contribution is -2.27. The first-order valence-electron chi connectivity index (χ1n) is 6.68. The molecule has 3 nitrogen and oxygen atoms in total. The average molecular weight is 241 g/mol. The molecular formula is C15H19N3. The number of aromatic nitrogens is 1. The zero-order valence-electron chi connectivity index (χ0n) is 10.8. The third kappa shape index (κ3) is 1.85. The smallest absolute Gasteiger partial charge is 0.0723 e. The Morgan fingerprint density at radius 1 is 1.33 bits per heavy atom. The molecule has 0 spiro atoms. The van der Waals surface area contributed by atoms with Gasteiger partial charge in [0.2, 0.25) is 0 Å². The normalized spacial score (nSPS) is 15.0. The second-order valence-corrected chi connectivity index (χ2v) is 4.87. The van der Waals surface area contributed by atoms with Gasteiger partial charge in [0, 0.05) is 36.3 Å². The van der Waals surface area contributed by atoms with Gasteiger partial charge in [-0.1, -0.05) is 18.2 Å². The maximum atomic E-state index is 5.89. The summed E-state index contributed by atoms with van der Waals surface area (Å²) in [7, 11) is 0. The molecule has 2 aromatic rings. The van der Waals surface area contributed by atoms with Crippen LogP contribution in [0.2, 0.25) is 0 Å². The molecule has 1 aliphatic rings. The first-order valence-corrected chi connectivity index (χ1v) is 6.68. The lowest BCUT2D eigenvalue weighted by atomic mass is 10.1. The number of hydrogen-bond donors (Lipinski definition) is 1. The standard InChI is InChI=1S/C15H19N3/c1-2-18(12-7-8-12)15-11(9-16)10-17-14-6-4-3-5-13(14)15/h3-6,10,12H,2,7-9,16H2,1H3. The van der Waals surface area contributed by atoms with Crippen LogP contribution >= 0.6 is 0 Å². The highest BCUT2D eigenvalue weighted by Gasteiger charge is 2.30. The van der Waals surface area contributed by atoms with Crippen molar-refractivity contribution in [2.24, 2.45) is 5.73 Å². The Labute approximate surface area is 108 Å². The highest BCUT2D eigenvalue weighted by molar-refractivity contribution is 5.93. The molecule has 3 heteroatoms. The molecule has 0 radical (unpaired) electrons. The molecule has 1 aromatic carbocycles. The van der Waals surface area contributed by atoms with E-state index in [2.05, 4.69) is 35.0 Å². The van der Waals surface area contributed by atoms with Gasteiger partial charge in [0.15, 0.2) is 0 Å². The summed E-state index contributed by atoms with van der Waals surface area (Å²) < 4.78 is 0. The van der Waals surface area contributed by atoms with E-state index >= 15 is 0 Å². The third-order valence-corrected chi connectivity index (χ3v) is 3.66. The summed E-state index contributed by atoms with van der Waals surface area (Å²) in [5, 5.41) is 1.23. The van der Waals surface area contributed by atoms with Gasteiger partial charge in [-0.2, -0.15) is 0 Å². The Balaban J connectivity index is 2.22. The van der Waals surface area contributed by atoms with Gasteiger partial charge < -0.3 is 10.6 Å². The quantitative estimate of drug-likeness (QED) is 0.895. The van der Waals surface area contributed by atoms with Crippen LogP contribution in [0.15, 0.2) is 30.5 Å². The summed E-state index contributed by atoms with van der Waals surface area (Å²) in [6.45, 7) is 3.80. The van der Waals surface area contributed by atoms with Crippen molar-refractivity contribution in [1.29, 1.82) is 0 Å². The molecular weight excluding hydrogens is 222 g/mol. The van der Waals surface area contributed by atoms with Crippen molar-refractivity contribution in [3.8, 4) is 0 Å². The lowest BCUT2D eigenvalue weighted by Gasteiger charge is -2.26. The fourth-order valence-corrected chi connectivity index (χ4v) is 2.64. The van der Waals surface area contributed by atoms with Crippen LogP contribution in [-0.4, -0.2) is 17.6 Å². The van der Waals surface area contributed by atoms with E-state index in [0.29, 0.717) is 12.6 Å². The van der Waals surface area contributed by atoms with E-state index in [-0.39, 0.29) is 0 Å². The molecule has 0 unspecified atom stereocenters. The Bertz CT molecular complexity index is 561. The van der Waals surface area contributed by atoms with E-state index in [1.165, 1.54) is 23.9 Å². The van der Waals surface area contributed by atoms with Gasteiger partial charge in [-0.3, -0.25) is 4.98 Å². The molecule has 1 aromatic heterocycles. The van der Waals surface area contributed by atoms with Crippen LogP contribution in [0.4, 0.5) is 5.69 Å². The minimum atomic E-state index is 0.552. The molecule has 0 atom stereocenters. The zero-order valence-corrected chi connectivity index (χ0v) is 10.8. The minimum absolute atomic E-state index is 0.552. The van der Waals surface area contributed by atoms with Gasteiger partial charge in [-0.05, 0) is 25.8 Å². The lowest BCUT2D eigenvalue weighted by molar-refractivity contribution is 0.819. The molecule has 3 rings (SSSR count). The topological polar surface area (TPSA) is 42.1 Å². The summed E-state index contributed by atoms with van der Waals surface area (Å²) in [6, 6.07) is 9.04. The van der Waals surface area contributed by atoms with Gasteiger partial charge in [0.1, 0.15) is 0 Å². The summed E-state index contributed by atoms with van der Waals surface area (Å²) in [5.74, 6) is 0. The summed E-state index contributed by atoms with van der Waals surface area (Å²) in [5.41, 5.74) is 9.40. The number of pyridine rings is 1. The molecule has 1 saturated carbocycles. The molecule has 1 heterocycles. The fraction of sp³-hybridized carbons (Fsp3) is 0.400. The third-order valence-electron chi connectivity index (χ3n) is 3.66. The molecule has 0 bridgehead atoms. The number of nitrogens with two attached hydrogens (primary N) is 1. The molecule has 0 saturated heterocycles. The van der Waals surface area contributed by atoms with Gasteiger partial charge in [-0.15, -0.1) is 0 Å². The maximum absolute atomic E-state index is 5.89. The number of anilines is 1. The van der Waals surface area contributed by atoms with Crippen LogP contribution in [0, 0.1) is 0 Å². The summed E-state index contributed by atoms with van der Waals surface area (Å²) >= 11 is 0. The van der Waals surface area contributed by atoms with E-state index in [1.807, 2.05) is 12.3 Å². The largest absolute Gasteiger partial charge is 0.368 e.